The molecular formula is C9H9BrN2. The number of allylic oxidation sites excluding steroid dienone is 1. The van der Waals surface area contributed by atoms with Gasteiger partial charge in [0.15, 0.2) is 0 Å². The van der Waals surface area contributed by atoms with Crippen LogP contribution in [0, 0.1) is 0 Å². The predicted molar refractivity (Wildman–Crippen MR) is 55.8 cm³/mol. The van der Waals surface area contributed by atoms with Crippen LogP contribution in [-0.4, -0.2) is 6.21 Å². The summed E-state index contributed by atoms with van der Waals surface area (Å²) in [4.78, 5) is 4.16. The Morgan fingerprint density at radius 3 is 2.58 bits per heavy atom. The van der Waals surface area contributed by atoms with Crippen molar-refractivity contribution in [3.8, 4) is 0 Å². The zero-order valence-electron chi connectivity index (χ0n) is 6.44. The van der Waals surface area contributed by atoms with Crippen LogP contribution in [0.15, 0.2) is 46.0 Å². The van der Waals surface area contributed by atoms with E-state index in [0.717, 1.165) is 10.2 Å². The van der Waals surface area contributed by atoms with Crippen molar-refractivity contribution in [1.29, 1.82) is 0 Å². The van der Waals surface area contributed by atoms with Crippen LogP contribution in [0.25, 0.3) is 0 Å². The minimum absolute atomic E-state index is 0.770. The minimum Gasteiger partial charge on any atom is -0.404 e. The number of nitrogens with two attached hydrogens (primary N) is 1. The predicted octanol–water partition coefficient (Wildman–Crippen LogP) is 2.58. The first-order valence-corrected chi connectivity index (χ1v) is 4.29. The fraction of sp³-hybridized carbons (Fsp3) is 0. The summed E-state index contributed by atoms with van der Waals surface area (Å²) in [6.07, 6.45) is 3.11. The second-order valence-corrected chi connectivity index (χ2v) is 3.06. The van der Waals surface area contributed by atoms with Crippen LogP contribution in [0.2, 0.25) is 0 Å². The van der Waals surface area contributed by atoms with Gasteiger partial charge in [0.1, 0.15) is 0 Å². The van der Waals surface area contributed by atoms with E-state index in [1.54, 1.807) is 6.21 Å². The highest BCUT2D eigenvalue weighted by Crippen LogP contribution is 2.10. The van der Waals surface area contributed by atoms with Crippen molar-refractivity contribution in [2.24, 2.45) is 10.7 Å². The monoisotopic (exact) mass is 224 g/mol. The lowest BCUT2D eigenvalue weighted by molar-refractivity contribution is 1.53. The lowest BCUT2D eigenvalue weighted by atomic mass is 10.3. The molecule has 0 aliphatic carbocycles. The molecule has 1 aromatic carbocycles. The van der Waals surface area contributed by atoms with Gasteiger partial charge in [-0.25, -0.2) is 0 Å². The maximum Gasteiger partial charge on any atom is 0.0630 e. The number of hydrogen-bond donors (Lipinski definition) is 1. The maximum atomic E-state index is 5.24. The van der Waals surface area contributed by atoms with Gasteiger partial charge in [-0.2, -0.15) is 0 Å². The van der Waals surface area contributed by atoms with Crippen LogP contribution in [-0.2, 0) is 0 Å². The highest BCUT2D eigenvalue weighted by Gasteiger charge is 1.84. The second kappa shape index (κ2) is 4.72. The zero-order chi connectivity index (χ0) is 8.81. The SMILES string of the molecule is NC=C(Br)C=Nc1ccccc1. The van der Waals surface area contributed by atoms with Crippen molar-refractivity contribution >= 4 is 27.8 Å². The first-order chi connectivity index (χ1) is 5.83. The molecular weight excluding hydrogens is 216 g/mol. The molecule has 0 aliphatic heterocycles. The van der Waals surface area contributed by atoms with Crippen LogP contribution >= 0.6 is 15.9 Å². The Bertz CT molecular complexity index is 291. The van der Waals surface area contributed by atoms with Gasteiger partial charge in [-0.3, -0.25) is 4.99 Å². The smallest absolute Gasteiger partial charge is 0.0630 e. The Morgan fingerprint density at radius 2 is 2.00 bits per heavy atom. The van der Waals surface area contributed by atoms with Crippen molar-refractivity contribution in [1.82, 2.24) is 0 Å². The molecule has 62 valence electrons. The van der Waals surface area contributed by atoms with E-state index >= 15 is 0 Å². The third kappa shape index (κ3) is 2.88. The van der Waals surface area contributed by atoms with Crippen LogP contribution in [0.3, 0.4) is 0 Å². The molecule has 0 heterocycles. The lowest BCUT2D eigenvalue weighted by Gasteiger charge is -1.90. The molecule has 3 heteroatoms. The van der Waals surface area contributed by atoms with E-state index in [1.807, 2.05) is 30.3 Å². The van der Waals surface area contributed by atoms with Gasteiger partial charge in [0.25, 0.3) is 0 Å². The first-order valence-electron chi connectivity index (χ1n) is 3.49. The van der Waals surface area contributed by atoms with Crippen molar-refractivity contribution in [3.63, 3.8) is 0 Å². The number of para-hydroxylation sites is 1. The van der Waals surface area contributed by atoms with Gasteiger partial charge < -0.3 is 5.73 Å². The molecule has 0 atom stereocenters. The summed E-state index contributed by atoms with van der Waals surface area (Å²) < 4.78 is 0.770. The van der Waals surface area contributed by atoms with Gasteiger partial charge in [0, 0.05) is 12.4 Å². The molecule has 12 heavy (non-hydrogen) atoms. The minimum atomic E-state index is 0.770. The molecule has 0 aliphatic rings. The first kappa shape index (κ1) is 9.00. The molecule has 0 radical (unpaired) electrons. The van der Waals surface area contributed by atoms with Crippen molar-refractivity contribution < 1.29 is 0 Å². The molecule has 1 aromatic rings. The zero-order valence-corrected chi connectivity index (χ0v) is 8.03. The van der Waals surface area contributed by atoms with Crippen molar-refractivity contribution in [2.45, 2.75) is 0 Å². The summed E-state index contributed by atoms with van der Waals surface area (Å²) >= 11 is 3.22. The Hall–Kier alpha value is -1.09. The molecule has 0 spiro atoms. The molecule has 0 aromatic heterocycles. The van der Waals surface area contributed by atoms with E-state index in [1.165, 1.54) is 6.20 Å². The Kier molecular flexibility index (Phi) is 3.54. The maximum absolute atomic E-state index is 5.24. The quantitative estimate of drug-likeness (QED) is 0.772. The lowest BCUT2D eigenvalue weighted by Crippen LogP contribution is -1.81. The highest BCUT2D eigenvalue weighted by atomic mass is 79.9. The van der Waals surface area contributed by atoms with Gasteiger partial charge in [0.05, 0.1) is 10.2 Å². The largest absolute Gasteiger partial charge is 0.404 e. The van der Waals surface area contributed by atoms with Crippen molar-refractivity contribution in [2.75, 3.05) is 0 Å². The molecule has 1 rings (SSSR count). The third-order valence-electron chi connectivity index (χ3n) is 1.25. The number of hydrogen-bond acceptors (Lipinski definition) is 2. The summed E-state index contributed by atoms with van der Waals surface area (Å²) in [5, 5.41) is 0. The molecule has 0 amide bonds. The van der Waals surface area contributed by atoms with Crippen molar-refractivity contribution in [3.05, 3.63) is 41.0 Å². The number of aliphatic imine (C=N–C) groups is 1. The van der Waals surface area contributed by atoms with E-state index in [2.05, 4.69) is 20.9 Å². The Morgan fingerprint density at radius 1 is 1.33 bits per heavy atom. The van der Waals surface area contributed by atoms with Crippen LogP contribution in [0.4, 0.5) is 5.69 Å². The van der Waals surface area contributed by atoms with E-state index in [-0.39, 0.29) is 0 Å². The van der Waals surface area contributed by atoms with Gasteiger partial charge in [0.2, 0.25) is 0 Å². The highest BCUT2D eigenvalue weighted by molar-refractivity contribution is 9.12. The van der Waals surface area contributed by atoms with E-state index in [0.29, 0.717) is 0 Å². The van der Waals surface area contributed by atoms with Crippen LogP contribution < -0.4 is 5.73 Å². The molecule has 0 bridgehead atoms. The van der Waals surface area contributed by atoms with E-state index in [4.69, 9.17) is 5.73 Å². The van der Waals surface area contributed by atoms with Crippen LogP contribution in [0.5, 0.6) is 0 Å². The topological polar surface area (TPSA) is 38.4 Å². The summed E-state index contributed by atoms with van der Waals surface area (Å²) in [6, 6.07) is 9.67. The average Bonchev–Trinajstić information content (AvgIpc) is 2.16. The fourth-order valence-electron chi connectivity index (χ4n) is 0.693. The normalized spacial score (nSPS) is 12.2. The van der Waals surface area contributed by atoms with E-state index in [9.17, 15) is 0 Å². The average molecular weight is 225 g/mol. The number of halogens is 1. The summed E-state index contributed by atoms with van der Waals surface area (Å²) in [7, 11) is 0. The fourth-order valence-corrected chi connectivity index (χ4v) is 0.796. The molecule has 2 N–H and O–H groups in total. The van der Waals surface area contributed by atoms with Gasteiger partial charge in [-0.05, 0) is 28.1 Å². The van der Waals surface area contributed by atoms with E-state index < -0.39 is 0 Å². The summed E-state index contributed by atoms with van der Waals surface area (Å²) in [5.41, 5.74) is 6.15. The standard InChI is InChI=1S/C9H9BrN2/c10-8(6-11)7-12-9-4-2-1-3-5-9/h1-7H,11H2. The third-order valence-corrected chi connectivity index (χ3v) is 1.72. The molecule has 0 unspecified atom stereocenters. The molecule has 0 saturated carbocycles. The van der Waals surface area contributed by atoms with Gasteiger partial charge in [-0.1, -0.05) is 18.2 Å². The number of benzene rings is 1. The van der Waals surface area contributed by atoms with Gasteiger partial charge in [-0.15, -0.1) is 0 Å². The summed E-state index contributed by atoms with van der Waals surface area (Å²) in [6.45, 7) is 0. The molecule has 0 fully saturated rings. The summed E-state index contributed by atoms with van der Waals surface area (Å²) in [5.74, 6) is 0. The molecule has 0 saturated heterocycles. The number of nitrogens with zero attached hydrogens (tertiary/aromatic N) is 1. The Labute approximate surface area is 79.9 Å². The van der Waals surface area contributed by atoms with Gasteiger partial charge >= 0.3 is 0 Å². The Balaban J connectivity index is 2.70. The number of rotatable bonds is 2. The molecule has 2 nitrogen and oxygen atoms in total. The second-order valence-electron chi connectivity index (χ2n) is 2.15. The van der Waals surface area contributed by atoms with Crippen LogP contribution in [0.1, 0.15) is 0 Å².